The molecule has 3 aromatic carbocycles. The summed E-state index contributed by atoms with van der Waals surface area (Å²) >= 11 is 0. The van der Waals surface area contributed by atoms with Crippen molar-refractivity contribution in [3.05, 3.63) is 107 Å². The second-order valence-electron chi connectivity index (χ2n) is 8.01. The minimum Gasteiger partial charge on any atom is -0.381 e. The van der Waals surface area contributed by atoms with Crippen molar-refractivity contribution in [1.29, 1.82) is 0 Å². The minimum atomic E-state index is -4.16. The Kier molecular flexibility index (Phi) is 6.16. The van der Waals surface area contributed by atoms with Crippen molar-refractivity contribution in [3.8, 4) is 0 Å². The first-order valence-corrected chi connectivity index (χ1v) is 12.1. The van der Waals surface area contributed by atoms with Gasteiger partial charge in [-0.1, -0.05) is 78.9 Å². The molecule has 0 radical (unpaired) electrons. The van der Waals surface area contributed by atoms with E-state index in [-0.39, 0.29) is 16.6 Å². The highest BCUT2D eigenvalue weighted by molar-refractivity contribution is 7.89. The van der Waals surface area contributed by atoms with Gasteiger partial charge in [-0.25, -0.2) is 8.42 Å². The average molecular weight is 461 g/mol. The fourth-order valence-electron chi connectivity index (χ4n) is 3.79. The molecule has 3 aromatic rings. The van der Waals surface area contributed by atoms with Crippen LogP contribution in [0.2, 0.25) is 0 Å². The molecule has 1 N–H and O–H groups in total. The van der Waals surface area contributed by atoms with Gasteiger partial charge >= 0.3 is 0 Å². The molecule has 6 nitrogen and oxygen atoms in total. The SMILES string of the molecule is CC(C)NC1=C(C(=O)c2ccccc2)N(CC(=O)c2ccccc2)S(=O)(=O)c2ccccc21. The van der Waals surface area contributed by atoms with Gasteiger partial charge in [-0.3, -0.25) is 13.9 Å². The van der Waals surface area contributed by atoms with E-state index < -0.39 is 28.1 Å². The molecule has 33 heavy (non-hydrogen) atoms. The summed E-state index contributed by atoms with van der Waals surface area (Å²) in [5, 5.41) is 3.26. The Labute approximate surface area is 193 Å². The molecule has 0 fully saturated rings. The number of ketones is 2. The van der Waals surface area contributed by atoms with Gasteiger partial charge in [0.2, 0.25) is 5.78 Å². The van der Waals surface area contributed by atoms with Crippen LogP contribution in [0.15, 0.2) is 95.5 Å². The second-order valence-corrected chi connectivity index (χ2v) is 9.85. The van der Waals surface area contributed by atoms with Gasteiger partial charge in [0, 0.05) is 22.7 Å². The van der Waals surface area contributed by atoms with Crippen LogP contribution in [0.4, 0.5) is 0 Å². The molecule has 168 valence electrons. The molecule has 0 aromatic heterocycles. The maximum absolute atomic E-state index is 13.7. The van der Waals surface area contributed by atoms with E-state index in [0.717, 1.165) is 4.31 Å². The van der Waals surface area contributed by atoms with Crippen molar-refractivity contribution in [3.63, 3.8) is 0 Å². The zero-order valence-corrected chi connectivity index (χ0v) is 19.2. The van der Waals surface area contributed by atoms with Crippen molar-refractivity contribution in [2.75, 3.05) is 6.54 Å². The second kappa shape index (κ2) is 9.03. The van der Waals surface area contributed by atoms with Crippen molar-refractivity contribution in [2.24, 2.45) is 0 Å². The summed E-state index contributed by atoms with van der Waals surface area (Å²) in [5.74, 6) is -0.876. The van der Waals surface area contributed by atoms with Crippen LogP contribution < -0.4 is 5.32 Å². The third-order valence-corrected chi connectivity index (χ3v) is 7.08. The Balaban J connectivity index is 1.95. The molecular formula is C26H24N2O4S. The van der Waals surface area contributed by atoms with Gasteiger partial charge in [0.1, 0.15) is 5.70 Å². The predicted octanol–water partition coefficient (Wildman–Crippen LogP) is 4.12. The van der Waals surface area contributed by atoms with Gasteiger partial charge in [-0.15, -0.1) is 0 Å². The van der Waals surface area contributed by atoms with Crippen LogP contribution >= 0.6 is 0 Å². The van der Waals surface area contributed by atoms with E-state index in [2.05, 4.69) is 5.32 Å². The Morgan fingerprint density at radius 1 is 0.818 bits per heavy atom. The van der Waals surface area contributed by atoms with E-state index in [1.807, 2.05) is 13.8 Å². The number of sulfonamides is 1. The molecular weight excluding hydrogens is 436 g/mol. The molecule has 1 aliphatic heterocycles. The quantitative estimate of drug-likeness (QED) is 0.536. The maximum Gasteiger partial charge on any atom is 0.265 e. The molecule has 0 aliphatic carbocycles. The molecule has 1 aliphatic rings. The van der Waals surface area contributed by atoms with Crippen LogP contribution in [0.3, 0.4) is 0 Å². The third kappa shape index (κ3) is 4.32. The Morgan fingerprint density at radius 3 is 1.97 bits per heavy atom. The van der Waals surface area contributed by atoms with E-state index in [0.29, 0.717) is 22.4 Å². The molecule has 0 spiro atoms. The Hall–Kier alpha value is -3.71. The highest BCUT2D eigenvalue weighted by Crippen LogP contribution is 2.37. The number of hydrogen-bond acceptors (Lipinski definition) is 5. The van der Waals surface area contributed by atoms with Gasteiger partial charge in [0.05, 0.1) is 17.1 Å². The number of fused-ring (bicyclic) bond motifs is 1. The topological polar surface area (TPSA) is 83.6 Å². The van der Waals surface area contributed by atoms with E-state index in [4.69, 9.17) is 0 Å². The van der Waals surface area contributed by atoms with Crippen molar-refractivity contribution >= 4 is 27.3 Å². The standard InChI is InChI=1S/C26H24N2O4S/c1-18(2)27-24-21-15-9-10-16-23(21)33(31,32)28(17-22(29)19-11-5-3-6-12-19)25(24)26(30)20-13-7-4-8-14-20/h3-16,18,27H,17H2,1-2H3. The van der Waals surface area contributed by atoms with E-state index in [9.17, 15) is 18.0 Å². The first-order chi connectivity index (χ1) is 15.8. The number of allylic oxidation sites excluding steroid dienone is 1. The van der Waals surface area contributed by atoms with E-state index in [1.165, 1.54) is 6.07 Å². The summed E-state index contributed by atoms with van der Waals surface area (Å²) in [6, 6.07) is 23.4. The molecule has 7 heteroatoms. The maximum atomic E-state index is 13.7. The number of benzene rings is 3. The number of nitrogens with one attached hydrogen (secondary N) is 1. The lowest BCUT2D eigenvalue weighted by Gasteiger charge is -2.34. The van der Waals surface area contributed by atoms with Crippen LogP contribution in [-0.2, 0) is 10.0 Å². The zero-order chi connectivity index (χ0) is 23.6. The lowest BCUT2D eigenvalue weighted by molar-refractivity contribution is 0.0958. The van der Waals surface area contributed by atoms with Gasteiger partial charge in [0.25, 0.3) is 10.0 Å². The Morgan fingerprint density at radius 2 is 1.36 bits per heavy atom. The van der Waals surface area contributed by atoms with Crippen LogP contribution in [0, 0.1) is 0 Å². The highest BCUT2D eigenvalue weighted by Gasteiger charge is 2.41. The van der Waals surface area contributed by atoms with Crippen LogP contribution in [0.1, 0.15) is 40.1 Å². The summed E-state index contributed by atoms with van der Waals surface area (Å²) in [6.45, 7) is 3.32. The molecule has 0 saturated carbocycles. The number of carbonyl (C=O) groups excluding carboxylic acids is 2. The fourth-order valence-corrected chi connectivity index (χ4v) is 5.42. The zero-order valence-electron chi connectivity index (χ0n) is 18.4. The Bertz CT molecular complexity index is 1330. The van der Waals surface area contributed by atoms with Gasteiger partial charge in [0.15, 0.2) is 5.78 Å². The molecule has 0 saturated heterocycles. The van der Waals surface area contributed by atoms with E-state index in [1.54, 1.807) is 78.9 Å². The third-order valence-electron chi connectivity index (χ3n) is 5.28. The largest absolute Gasteiger partial charge is 0.381 e. The summed E-state index contributed by atoms with van der Waals surface area (Å²) in [6.07, 6.45) is 0. The highest BCUT2D eigenvalue weighted by atomic mass is 32.2. The van der Waals surface area contributed by atoms with Crippen LogP contribution in [0.5, 0.6) is 0 Å². The molecule has 0 amide bonds. The summed E-state index contributed by atoms with van der Waals surface area (Å²) < 4.78 is 28.4. The fraction of sp³-hybridized carbons (Fsp3) is 0.154. The average Bonchev–Trinajstić information content (AvgIpc) is 2.83. The van der Waals surface area contributed by atoms with Gasteiger partial charge in [-0.05, 0) is 19.9 Å². The number of Topliss-reactive ketones (excluding diaryl/α,β-unsaturated/α-hetero) is 2. The first-order valence-electron chi connectivity index (χ1n) is 10.6. The lowest BCUT2D eigenvalue weighted by Crippen LogP contribution is -2.43. The van der Waals surface area contributed by atoms with E-state index >= 15 is 0 Å². The monoisotopic (exact) mass is 460 g/mol. The smallest absolute Gasteiger partial charge is 0.265 e. The molecule has 4 rings (SSSR count). The first kappa shape index (κ1) is 22.5. The molecule has 1 heterocycles. The predicted molar refractivity (Wildman–Crippen MR) is 127 cm³/mol. The van der Waals surface area contributed by atoms with Crippen molar-refractivity contribution in [1.82, 2.24) is 9.62 Å². The minimum absolute atomic E-state index is 0.0543. The number of rotatable bonds is 7. The normalized spacial score (nSPS) is 14.7. The van der Waals surface area contributed by atoms with Crippen LogP contribution in [-0.4, -0.2) is 36.9 Å². The lowest BCUT2D eigenvalue weighted by atomic mass is 10.0. The number of hydrogen-bond donors (Lipinski definition) is 1. The summed E-state index contributed by atoms with van der Waals surface area (Å²) in [7, 11) is -4.16. The van der Waals surface area contributed by atoms with Crippen molar-refractivity contribution < 1.29 is 18.0 Å². The van der Waals surface area contributed by atoms with Gasteiger partial charge < -0.3 is 5.32 Å². The number of carbonyl (C=O) groups is 2. The summed E-state index contributed by atoms with van der Waals surface area (Å²) in [4.78, 5) is 26.8. The molecule has 0 unspecified atom stereocenters. The van der Waals surface area contributed by atoms with Crippen LogP contribution in [0.25, 0.3) is 5.70 Å². The molecule has 0 bridgehead atoms. The summed E-state index contributed by atoms with van der Waals surface area (Å²) in [5.41, 5.74) is 1.45. The number of nitrogens with zero attached hydrogens (tertiary/aromatic N) is 1. The van der Waals surface area contributed by atoms with Gasteiger partial charge in [-0.2, -0.15) is 0 Å². The molecule has 0 atom stereocenters. The van der Waals surface area contributed by atoms with Crippen molar-refractivity contribution in [2.45, 2.75) is 24.8 Å².